The Morgan fingerprint density at radius 2 is 1.06 bits per heavy atom. The predicted molar refractivity (Wildman–Crippen MR) is 64.6 cm³/mol. The van der Waals surface area contributed by atoms with Crippen LogP contribution in [-0.4, -0.2) is 41.3 Å². The van der Waals surface area contributed by atoms with E-state index in [1.165, 1.54) is 24.3 Å². The Kier molecular flexibility index (Phi) is 3.32. The Labute approximate surface area is 108 Å². The molecule has 4 N–H and O–H groups in total. The molecule has 0 aliphatic rings. The van der Waals surface area contributed by atoms with Gasteiger partial charge in [-0.1, -0.05) is 0 Å². The maximum absolute atomic E-state index is 9.64. The number of aromatic hydroxyl groups is 4. The fourth-order valence-electron chi connectivity index (χ4n) is 1.30. The van der Waals surface area contributed by atoms with E-state index in [0.717, 1.165) is 0 Å². The van der Waals surface area contributed by atoms with Crippen molar-refractivity contribution in [3.8, 4) is 23.0 Å². The summed E-state index contributed by atoms with van der Waals surface area (Å²) in [6.45, 7) is 0. The van der Waals surface area contributed by atoms with Crippen molar-refractivity contribution in [2.45, 2.75) is 0 Å². The fourth-order valence-corrected chi connectivity index (χ4v) is 3.69. The Morgan fingerprint density at radius 1 is 0.647 bits per heavy atom. The van der Waals surface area contributed by atoms with Crippen LogP contribution in [-0.2, 0) is 0 Å². The van der Waals surface area contributed by atoms with Crippen LogP contribution in [0.25, 0.3) is 0 Å². The van der Waals surface area contributed by atoms with Crippen LogP contribution in [0.3, 0.4) is 0 Å². The van der Waals surface area contributed by atoms with E-state index in [4.69, 9.17) is 10.2 Å². The molecular formula is C12H10O4Te. The number of benzene rings is 2. The standard InChI is InChI=1S/C12H10O4Te/c13-7-1-3-11(9(15)5-7)17-12-4-2-8(14)6-10(12)16/h1-6,13-16H. The average Bonchev–Trinajstić information content (AvgIpc) is 2.25. The summed E-state index contributed by atoms with van der Waals surface area (Å²) in [5, 5.41) is 37.6. The van der Waals surface area contributed by atoms with Gasteiger partial charge < -0.3 is 0 Å². The van der Waals surface area contributed by atoms with E-state index in [-0.39, 0.29) is 23.0 Å². The molecule has 0 spiro atoms. The molecule has 0 bridgehead atoms. The van der Waals surface area contributed by atoms with Gasteiger partial charge in [0.05, 0.1) is 0 Å². The van der Waals surface area contributed by atoms with Gasteiger partial charge in [-0.2, -0.15) is 0 Å². The van der Waals surface area contributed by atoms with Crippen molar-refractivity contribution in [3.63, 3.8) is 0 Å². The van der Waals surface area contributed by atoms with Gasteiger partial charge in [-0.3, -0.25) is 0 Å². The molecule has 2 rings (SSSR count). The average molecular weight is 346 g/mol. The third-order valence-electron chi connectivity index (χ3n) is 2.10. The summed E-state index contributed by atoms with van der Waals surface area (Å²) < 4.78 is 1.43. The van der Waals surface area contributed by atoms with Crippen molar-refractivity contribution in [1.82, 2.24) is 0 Å². The molecular weight excluding hydrogens is 336 g/mol. The fraction of sp³-hybridized carbons (Fsp3) is 0. The molecule has 0 heterocycles. The number of hydrogen-bond donors (Lipinski definition) is 4. The molecule has 0 atom stereocenters. The monoisotopic (exact) mass is 348 g/mol. The van der Waals surface area contributed by atoms with Crippen LogP contribution in [0.1, 0.15) is 0 Å². The van der Waals surface area contributed by atoms with Crippen LogP contribution in [0.4, 0.5) is 0 Å². The summed E-state index contributed by atoms with van der Waals surface area (Å²) >= 11 is -0.959. The van der Waals surface area contributed by atoms with Crippen molar-refractivity contribution in [1.29, 1.82) is 0 Å². The van der Waals surface area contributed by atoms with E-state index in [9.17, 15) is 10.2 Å². The van der Waals surface area contributed by atoms with Crippen LogP contribution in [0, 0.1) is 0 Å². The van der Waals surface area contributed by atoms with E-state index in [2.05, 4.69) is 0 Å². The van der Waals surface area contributed by atoms with Gasteiger partial charge in [-0.05, 0) is 0 Å². The van der Waals surface area contributed by atoms with Gasteiger partial charge >= 0.3 is 108 Å². The first kappa shape index (κ1) is 11.9. The molecule has 17 heavy (non-hydrogen) atoms. The molecule has 0 saturated carbocycles. The molecule has 2 aromatic carbocycles. The normalized spacial score (nSPS) is 10.4. The van der Waals surface area contributed by atoms with Crippen LogP contribution in [0.2, 0.25) is 0 Å². The van der Waals surface area contributed by atoms with Gasteiger partial charge in [0.1, 0.15) is 0 Å². The van der Waals surface area contributed by atoms with E-state index in [0.29, 0.717) is 7.22 Å². The summed E-state index contributed by atoms with van der Waals surface area (Å²) in [6.07, 6.45) is 0. The Balaban J connectivity index is 2.31. The summed E-state index contributed by atoms with van der Waals surface area (Å²) in [6, 6.07) is 8.82. The third kappa shape index (κ3) is 2.76. The number of hydrogen-bond acceptors (Lipinski definition) is 4. The van der Waals surface area contributed by atoms with Gasteiger partial charge in [0.25, 0.3) is 0 Å². The van der Waals surface area contributed by atoms with E-state index in [1.54, 1.807) is 12.1 Å². The predicted octanol–water partition coefficient (Wildman–Crippen LogP) is 0.164. The number of rotatable bonds is 2. The van der Waals surface area contributed by atoms with Crippen molar-refractivity contribution >= 4 is 28.1 Å². The van der Waals surface area contributed by atoms with E-state index < -0.39 is 20.9 Å². The van der Waals surface area contributed by atoms with Crippen molar-refractivity contribution in [2.75, 3.05) is 0 Å². The molecule has 0 saturated heterocycles. The number of phenolic OH excluding ortho intramolecular Hbond substituents is 4. The van der Waals surface area contributed by atoms with Crippen molar-refractivity contribution in [2.24, 2.45) is 0 Å². The topological polar surface area (TPSA) is 80.9 Å². The second-order valence-corrected chi connectivity index (χ2v) is 6.50. The Morgan fingerprint density at radius 3 is 1.41 bits per heavy atom. The quantitative estimate of drug-likeness (QED) is 0.585. The zero-order valence-electron chi connectivity index (χ0n) is 8.66. The minimum absolute atomic E-state index is 0.00800. The van der Waals surface area contributed by atoms with Gasteiger partial charge in [0.2, 0.25) is 0 Å². The molecule has 5 heteroatoms. The summed E-state index contributed by atoms with van der Waals surface area (Å²) in [4.78, 5) is 0. The van der Waals surface area contributed by atoms with Gasteiger partial charge in [0, 0.05) is 0 Å². The first-order valence-electron chi connectivity index (χ1n) is 4.78. The van der Waals surface area contributed by atoms with Crippen LogP contribution in [0.5, 0.6) is 23.0 Å². The van der Waals surface area contributed by atoms with Gasteiger partial charge in [-0.15, -0.1) is 0 Å². The molecule has 4 nitrogen and oxygen atoms in total. The maximum atomic E-state index is 9.64. The first-order chi connectivity index (χ1) is 8.06. The molecule has 0 fully saturated rings. The van der Waals surface area contributed by atoms with Crippen molar-refractivity contribution in [3.05, 3.63) is 36.4 Å². The second kappa shape index (κ2) is 4.74. The zero-order chi connectivity index (χ0) is 12.4. The van der Waals surface area contributed by atoms with Gasteiger partial charge in [0.15, 0.2) is 0 Å². The SMILES string of the molecule is Oc1ccc([Te]c2ccc(O)cc2O)c(O)c1. The molecule has 0 amide bonds. The third-order valence-corrected chi connectivity index (χ3v) is 5.33. The minimum atomic E-state index is -0.959. The Hall–Kier alpha value is -1.57. The number of phenols is 4. The molecule has 0 radical (unpaired) electrons. The molecule has 0 aliphatic carbocycles. The summed E-state index contributed by atoms with van der Waals surface area (Å²) in [5.41, 5.74) is 0. The first-order valence-corrected chi connectivity index (χ1v) is 7.11. The van der Waals surface area contributed by atoms with E-state index in [1.807, 2.05) is 0 Å². The van der Waals surface area contributed by atoms with E-state index >= 15 is 0 Å². The molecule has 88 valence electrons. The summed E-state index contributed by atoms with van der Waals surface area (Å²) in [7, 11) is 0. The molecule has 2 aromatic rings. The van der Waals surface area contributed by atoms with Crippen LogP contribution < -0.4 is 7.22 Å². The van der Waals surface area contributed by atoms with Crippen LogP contribution in [0.15, 0.2) is 36.4 Å². The zero-order valence-corrected chi connectivity index (χ0v) is 11.0. The Bertz CT molecular complexity index is 505. The van der Waals surface area contributed by atoms with Gasteiger partial charge in [-0.25, -0.2) is 0 Å². The van der Waals surface area contributed by atoms with Crippen LogP contribution >= 0.6 is 0 Å². The second-order valence-electron chi connectivity index (χ2n) is 3.41. The molecule has 0 unspecified atom stereocenters. The summed E-state index contributed by atoms with van der Waals surface area (Å²) in [5.74, 6) is 0.0713. The molecule has 0 aliphatic heterocycles. The van der Waals surface area contributed by atoms with Crippen molar-refractivity contribution < 1.29 is 20.4 Å². The molecule has 0 aromatic heterocycles.